The molecule has 0 spiro atoms. The van der Waals surface area contributed by atoms with Gasteiger partial charge in [-0.05, 0) is 31.7 Å². The quantitative estimate of drug-likeness (QED) is 0.650. The maximum Gasteiger partial charge on any atom is 0.269 e. The van der Waals surface area contributed by atoms with Crippen molar-refractivity contribution in [3.8, 4) is 0 Å². The third kappa shape index (κ3) is 3.54. The zero-order chi connectivity index (χ0) is 14.5. The van der Waals surface area contributed by atoms with Crippen LogP contribution in [0, 0.1) is 10.1 Å². The van der Waals surface area contributed by atoms with Gasteiger partial charge in [0.05, 0.1) is 11.0 Å². The first kappa shape index (κ1) is 14.5. The second-order valence-corrected chi connectivity index (χ2v) is 5.08. The van der Waals surface area contributed by atoms with Crippen LogP contribution in [-0.2, 0) is 4.79 Å². The molecule has 1 heterocycles. The van der Waals surface area contributed by atoms with Gasteiger partial charge in [-0.15, -0.1) is 0 Å². The number of amides is 1. The summed E-state index contributed by atoms with van der Waals surface area (Å²) in [6.45, 7) is 2.64. The van der Waals surface area contributed by atoms with Crippen molar-refractivity contribution in [2.45, 2.75) is 38.3 Å². The number of nitro groups is 1. The summed E-state index contributed by atoms with van der Waals surface area (Å²) in [4.78, 5) is 22.3. The van der Waals surface area contributed by atoms with Crippen molar-refractivity contribution in [1.82, 2.24) is 10.6 Å². The number of carbonyl (C=O) groups excluding carboxylic acids is 1. The molecular weight excluding hydrogens is 258 g/mol. The monoisotopic (exact) mass is 277 g/mol. The number of rotatable bonds is 4. The van der Waals surface area contributed by atoms with Crippen LogP contribution in [0.2, 0.25) is 0 Å². The number of hydrogen-bond donors (Lipinski definition) is 2. The highest BCUT2D eigenvalue weighted by atomic mass is 16.6. The zero-order valence-electron chi connectivity index (χ0n) is 11.5. The highest BCUT2D eigenvalue weighted by Gasteiger charge is 2.22. The molecule has 0 radical (unpaired) electrons. The predicted octanol–water partition coefficient (Wildman–Crippen LogP) is 1.91. The lowest BCUT2D eigenvalue weighted by molar-refractivity contribution is -0.384. The lowest BCUT2D eigenvalue weighted by Crippen LogP contribution is -2.43. The predicted molar refractivity (Wildman–Crippen MR) is 75.3 cm³/mol. The Kier molecular flexibility index (Phi) is 4.68. The largest absolute Gasteiger partial charge is 0.355 e. The molecule has 2 atom stereocenters. The van der Waals surface area contributed by atoms with Gasteiger partial charge in [-0.3, -0.25) is 20.2 Å². The minimum atomic E-state index is -0.408. The fraction of sp³-hybridized carbons (Fsp3) is 0.500. The maximum absolute atomic E-state index is 11.9. The van der Waals surface area contributed by atoms with Gasteiger partial charge in [0.1, 0.15) is 0 Å². The summed E-state index contributed by atoms with van der Waals surface area (Å²) in [5.41, 5.74) is 0.887. The summed E-state index contributed by atoms with van der Waals surface area (Å²) in [6, 6.07) is 6.18. The molecule has 0 aromatic heterocycles. The van der Waals surface area contributed by atoms with E-state index in [4.69, 9.17) is 0 Å². The molecule has 1 saturated heterocycles. The summed E-state index contributed by atoms with van der Waals surface area (Å²) in [6.07, 6.45) is 2.79. The first-order valence-electron chi connectivity index (χ1n) is 6.86. The van der Waals surface area contributed by atoms with Gasteiger partial charge >= 0.3 is 0 Å². The topological polar surface area (TPSA) is 84.3 Å². The minimum Gasteiger partial charge on any atom is -0.355 e. The summed E-state index contributed by atoms with van der Waals surface area (Å²) in [7, 11) is 0. The minimum absolute atomic E-state index is 0.0137. The van der Waals surface area contributed by atoms with Crippen molar-refractivity contribution in [1.29, 1.82) is 0 Å². The Morgan fingerprint density at radius 3 is 3.00 bits per heavy atom. The average Bonchev–Trinajstić information content (AvgIpc) is 2.64. The summed E-state index contributed by atoms with van der Waals surface area (Å²) in [5.74, 6) is 0.0137. The number of carbonyl (C=O) groups is 1. The van der Waals surface area contributed by atoms with Crippen LogP contribution in [0.25, 0.3) is 0 Å². The van der Waals surface area contributed by atoms with Crippen molar-refractivity contribution in [3.05, 3.63) is 39.9 Å². The Morgan fingerprint density at radius 2 is 2.25 bits per heavy atom. The first-order chi connectivity index (χ1) is 9.58. The molecule has 0 saturated carbocycles. The number of nitrogens with zero attached hydrogens (tertiary/aromatic N) is 1. The van der Waals surface area contributed by atoms with Crippen LogP contribution < -0.4 is 10.6 Å². The summed E-state index contributed by atoms with van der Waals surface area (Å²) in [5, 5.41) is 16.9. The van der Waals surface area contributed by atoms with E-state index in [1.165, 1.54) is 6.07 Å². The number of hydrogen-bond acceptors (Lipinski definition) is 4. The van der Waals surface area contributed by atoms with Gasteiger partial charge < -0.3 is 5.32 Å². The third-order valence-electron chi connectivity index (χ3n) is 3.57. The normalized spacial score (nSPS) is 20.9. The van der Waals surface area contributed by atoms with E-state index in [-0.39, 0.29) is 23.7 Å². The molecule has 0 aliphatic carbocycles. The molecule has 2 unspecified atom stereocenters. The lowest BCUT2D eigenvalue weighted by atomic mass is 10.0. The number of non-ortho nitro benzene ring substituents is 1. The van der Waals surface area contributed by atoms with Crippen LogP contribution in [0.3, 0.4) is 0 Å². The van der Waals surface area contributed by atoms with Crippen molar-refractivity contribution >= 4 is 11.6 Å². The molecule has 0 bridgehead atoms. The highest BCUT2D eigenvalue weighted by molar-refractivity contribution is 5.81. The van der Waals surface area contributed by atoms with Crippen LogP contribution in [0.5, 0.6) is 0 Å². The van der Waals surface area contributed by atoms with Gasteiger partial charge in [-0.1, -0.05) is 12.1 Å². The first-order valence-corrected chi connectivity index (χ1v) is 6.86. The SMILES string of the molecule is CC(NC1CCCCNC1=O)c1cccc([N+](=O)[O-])c1. The molecule has 1 amide bonds. The van der Waals surface area contributed by atoms with E-state index < -0.39 is 4.92 Å². The van der Waals surface area contributed by atoms with E-state index in [1.54, 1.807) is 12.1 Å². The fourth-order valence-corrected chi connectivity index (χ4v) is 2.40. The van der Waals surface area contributed by atoms with Crippen molar-refractivity contribution in [2.24, 2.45) is 0 Å². The number of nitro benzene ring substituents is 1. The van der Waals surface area contributed by atoms with Crippen molar-refractivity contribution in [2.75, 3.05) is 6.54 Å². The fourth-order valence-electron chi connectivity index (χ4n) is 2.40. The standard InChI is InChI=1S/C14H19N3O3/c1-10(11-5-4-6-12(9-11)17(19)20)16-13-7-2-3-8-15-14(13)18/h4-6,9-10,13,16H,2-3,7-8H2,1H3,(H,15,18). The van der Waals surface area contributed by atoms with Crippen LogP contribution in [0.15, 0.2) is 24.3 Å². The Labute approximate surface area is 117 Å². The van der Waals surface area contributed by atoms with E-state index >= 15 is 0 Å². The molecule has 6 nitrogen and oxygen atoms in total. The summed E-state index contributed by atoms with van der Waals surface area (Å²) < 4.78 is 0. The van der Waals surface area contributed by atoms with Gasteiger partial charge in [-0.25, -0.2) is 0 Å². The molecular formula is C14H19N3O3. The molecule has 6 heteroatoms. The zero-order valence-corrected chi connectivity index (χ0v) is 11.5. The average molecular weight is 277 g/mol. The Bertz CT molecular complexity index is 504. The molecule has 2 rings (SSSR count). The molecule has 1 aliphatic heterocycles. The van der Waals surface area contributed by atoms with Gasteiger partial charge in [0.25, 0.3) is 5.69 Å². The second kappa shape index (κ2) is 6.47. The smallest absolute Gasteiger partial charge is 0.269 e. The van der Waals surface area contributed by atoms with E-state index in [2.05, 4.69) is 10.6 Å². The molecule has 20 heavy (non-hydrogen) atoms. The van der Waals surface area contributed by atoms with Gasteiger partial charge in [0, 0.05) is 24.7 Å². The highest BCUT2D eigenvalue weighted by Crippen LogP contribution is 2.20. The molecule has 1 aromatic carbocycles. The van der Waals surface area contributed by atoms with Crippen LogP contribution in [0.4, 0.5) is 5.69 Å². The molecule has 1 aromatic rings. The van der Waals surface area contributed by atoms with Gasteiger partial charge in [-0.2, -0.15) is 0 Å². The molecule has 1 aliphatic rings. The molecule has 2 N–H and O–H groups in total. The van der Waals surface area contributed by atoms with E-state index in [9.17, 15) is 14.9 Å². The van der Waals surface area contributed by atoms with Crippen molar-refractivity contribution in [3.63, 3.8) is 0 Å². The van der Waals surface area contributed by atoms with Crippen molar-refractivity contribution < 1.29 is 9.72 Å². The van der Waals surface area contributed by atoms with Crippen LogP contribution >= 0.6 is 0 Å². The Balaban J connectivity index is 2.07. The van der Waals surface area contributed by atoms with Gasteiger partial charge in [0.2, 0.25) is 5.91 Å². The number of benzene rings is 1. The van der Waals surface area contributed by atoms with E-state index in [0.717, 1.165) is 31.4 Å². The summed E-state index contributed by atoms with van der Waals surface area (Å²) >= 11 is 0. The Hall–Kier alpha value is -1.95. The van der Waals surface area contributed by atoms with Crippen LogP contribution in [0.1, 0.15) is 37.8 Å². The lowest BCUT2D eigenvalue weighted by Gasteiger charge is -2.21. The second-order valence-electron chi connectivity index (χ2n) is 5.08. The molecule has 1 fully saturated rings. The molecule has 108 valence electrons. The third-order valence-corrected chi connectivity index (χ3v) is 3.57. The van der Waals surface area contributed by atoms with Gasteiger partial charge in [0.15, 0.2) is 0 Å². The van der Waals surface area contributed by atoms with E-state index in [0.29, 0.717) is 0 Å². The van der Waals surface area contributed by atoms with E-state index in [1.807, 2.05) is 13.0 Å². The number of nitrogens with one attached hydrogen (secondary N) is 2. The Morgan fingerprint density at radius 1 is 1.45 bits per heavy atom. The maximum atomic E-state index is 11.9. The van der Waals surface area contributed by atoms with Crippen LogP contribution in [-0.4, -0.2) is 23.4 Å².